The van der Waals surface area contributed by atoms with E-state index in [1.165, 1.54) is 10.5 Å². The molecule has 2 heteroatoms. The molecule has 0 amide bonds. The highest BCUT2D eigenvalue weighted by Crippen LogP contribution is 1.83. The second-order valence-corrected chi connectivity index (χ2v) is 3.22. The summed E-state index contributed by atoms with van der Waals surface area (Å²) in [6, 6.07) is 0. The van der Waals surface area contributed by atoms with E-state index in [1.807, 2.05) is 12.2 Å². The molecule has 0 bridgehead atoms. The van der Waals surface area contributed by atoms with Crippen LogP contribution in [-0.4, -0.2) is 19.6 Å². The summed E-state index contributed by atoms with van der Waals surface area (Å²) in [5.74, 6) is 0. The van der Waals surface area contributed by atoms with Crippen molar-refractivity contribution < 1.29 is 17.3 Å². The lowest BCUT2D eigenvalue weighted by Gasteiger charge is -2.13. The summed E-state index contributed by atoms with van der Waals surface area (Å²) in [7, 11) is 0. The van der Waals surface area contributed by atoms with Gasteiger partial charge in [0.1, 0.15) is 0 Å². The quantitative estimate of drug-likeness (QED) is 0.485. The molecule has 0 aliphatic carbocycles. The predicted octanol–water partition coefficient (Wildman–Crippen LogP) is -1.79. The van der Waals surface area contributed by atoms with Gasteiger partial charge in [-0.2, -0.15) is 0 Å². The van der Waals surface area contributed by atoms with Crippen LogP contribution in [0.2, 0.25) is 0 Å². The molecule has 0 aliphatic heterocycles. The minimum Gasteiger partial charge on any atom is -1.00 e. The van der Waals surface area contributed by atoms with Crippen molar-refractivity contribution in [2.75, 3.05) is 19.6 Å². The van der Waals surface area contributed by atoms with Gasteiger partial charge in [-0.05, 0) is 32.1 Å². The van der Waals surface area contributed by atoms with E-state index in [1.54, 1.807) is 0 Å². The Morgan fingerprint density at radius 3 is 1.85 bits per heavy atom. The van der Waals surface area contributed by atoms with E-state index in [0.29, 0.717) is 0 Å². The first-order valence-corrected chi connectivity index (χ1v) is 4.39. The molecule has 76 valence electrons. The van der Waals surface area contributed by atoms with E-state index in [2.05, 4.69) is 33.1 Å². The second kappa shape index (κ2) is 9.56. The van der Waals surface area contributed by atoms with Gasteiger partial charge in [-0.3, -0.25) is 0 Å². The topological polar surface area (TPSA) is 4.44 Å². The molecule has 0 spiro atoms. The first-order valence-electron chi connectivity index (χ1n) is 4.39. The average molecular weight is 202 g/mol. The van der Waals surface area contributed by atoms with Crippen molar-refractivity contribution in [1.29, 1.82) is 0 Å². The van der Waals surface area contributed by atoms with Gasteiger partial charge in [0, 0.05) is 0 Å². The summed E-state index contributed by atoms with van der Waals surface area (Å²) >= 11 is 0. The largest absolute Gasteiger partial charge is 1.00 e. The molecule has 0 saturated heterocycles. The summed E-state index contributed by atoms with van der Waals surface area (Å²) < 4.78 is 0. The lowest BCUT2D eigenvalue weighted by molar-refractivity contribution is -0.882. The van der Waals surface area contributed by atoms with E-state index in [-0.39, 0.29) is 12.4 Å². The molecule has 0 aromatic rings. The van der Waals surface area contributed by atoms with Crippen LogP contribution in [0, 0.1) is 0 Å². The van der Waals surface area contributed by atoms with Gasteiger partial charge in [0.15, 0.2) is 0 Å². The van der Waals surface area contributed by atoms with Gasteiger partial charge in [0.25, 0.3) is 0 Å². The van der Waals surface area contributed by atoms with E-state index in [9.17, 15) is 0 Å². The lowest BCUT2D eigenvalue weighted by Crippen LogP contribution is -3.11. The van der Waals surface area contributed by atoms with Crippen molar-refractivity contribution in [1.82, 2.24) is 0 Å². The zero-order valence-corrected chi connectivity index (χ0v) is 9.40. The fourth-order valence-electron chi connectivity index (χ4n) is 1.01. The Morgan fingerprint density at radius 2 is 1.54 bits per heavy atom. The Labute approximate surface area is 88.2 Å². The molecule has 1 N–H and O–H groups in total. The normalized spacial score (nSPS) is 8.85. The van der Waals surface area contributed by atoms with Crippen molar-refractivity contribution in [2.24, 2.45) is 0 Å². The molecule has 0 aliphatic rings. The van der Waals surface area contributed by atoms with E-state index in [4.69, 9.17) is 0 Å². The van der Waals surface area contributed by atoms with Crippen LogP contribution in [0.1, 0.15) is 13.8 Å². The van der Waals surface area contributed by atoms with Crippen LogP contribution in [-0.2, 0) is 0 Å². The van der Waals surface area contributed by atoms with Gasteiger partial charge in [-0.25, -0.2) is 0 Å². The molecular formula is C11H20ClN. The predicted molar refractivity (Wildman–Crippen MR) is 55.4 cm³/mol. The van der Waals surface area contributed by atoms with Gasteiger partial charge in [-0.1, -0.05) is 18.7 Å². The number of halogens is 1. The lowest BCUT2D eigenvalue weighted by atomic mass is 10.3. The number of nitrogens with one attached hydrogen (secondary N) is 1. The van der Waals surface area contributed by atoms with Gasteiger partial charge >= 0.3 is 0 Å². The van der Waals surface area contributed by atoms with Crippen LogP contribution < -0.4 is 17.3 Å². The maximum atomic E-state index is 3.73. The molecule has 0 heterocycles. The molecule has 0 radical (unpaired) electrons. The highest BCUT2D eigenvalue weighted by atomic mass is 35.5. The Hall–Kier alpha value is -0.530. The third-order valence-electron chi connectivity index (χ3n) is 1.67. The Bertz CT molecular complexity index is 159. The van der Waals surface area contributed by atoms with E-state index < -0.39 is 0 Å². The maximum absolute atomic E-state index is 3.73. The minimum absolute atomic E-state index is 0. The minimum atomic E-state index is 0. The summed E-state index contributed by atoms with van der Waals surface area (Å²) in [6.07, 6.45) is 6.16. The molecule has 0 saturated carbocycles. The molecule has 0 aromatic carbocycles. The molecule has 0 fully saturated rings. The number of rotatable bonds is 6. The number of quaternary nitrogens is 1. The number of hydrogen-bond acceptors (Lipinski definition) is 0. The van der Waals surface area contributed by atoms with Gasteiger partial charge < -0.3 is 17.3 Å². The molecule has 13 heavy (non-hydrogen) atoms. The van der Waals surface area contributed by atoms with Crippen LogP contribution >= 0.6 is 0 Å². The van der Waals surface area contributed by atoms with Gasteiger partial charge in [0.05, 0.1) is 19.6 Å². The number of allylic oxidation sites excluding steroid dienone is 1. The van der Waals surface area contributed by atoms with Crippen molar-refractivity contribution in [2.45, 2.75) is 13.8 Å². The molecule has 0 atom stereocenters. The first-order chi connectivity index (χ1) is 5.70. The smallest absolute Gasteiger partial charge is 0.0965 e. The summed E-state index contributed by atoms with van der Waals surface area (Å²) in [5, 5.41) is 0. The van der Waals surface area contributed by atoms with Crippen LogP contribution in [0.5, 0.6) is 0 Å². The zero-order chi connectivity index (χ0) is 9.40. The molecule has 1 nitrogen and oxygen atoms in total. The van der Waals surface area contributed by atoms with Crippen LogP contribution in [0.25, 0.3) is 0 Å². The van der Waals surface area contributed by atoms with Crippen LogP contribution in [0.15, 0.2) is 37.0 Å². The van der Waals surface area contributed by atoms with Crippen molar-refractivity contribution >= 4 is 0 Å². The number of hydrogen-bond donors (Lipinski definition) is 1. The third-order valence-corrected chi connectivity index (χ3v) is 1.67. The highest BCUT2D eigenvalue weighted by molar-refractivity contribution is 4.92. The SMILES string of the molecule is C=CC[NH+](CC=C)CC=C(C)C.[Cl-]. The Balaban J connectivity index is 0. The summed E-state index contributed by atoms with van der Waals surface area (Å²) in [5.41, 5.74) is 1.38. The fourth-order valence-corrected chi connectivity index (χ4v) is 1.01. The monoisotopic (exact) mass is 201 g/mol. The van der Waals surface area contributed by atoms with Crippen LogP contribution in [0.3, 0.4) is 0 Å². The Morgan fingerprint density at radius 1 is 1.08 bits per heavy atom. The molecule has 0 rings (SSSR count). The molecular weight excluding hydrogens is 182 g/mol. The fraction of sp³-hybridized carbons (Fsp3) is 0.455. The van der Waals surface area contributed by atoms with Crippen molar-refractivity contribution in [3.8, 4) is 0 Å². The van der Waals surface area contributed by atoms with Crippen molar-refractivity contribution in [3.05, 3.63) is 37.0 Å². The summed E-state index contributed by atoms with van der Waals surface area (Å²) in [4.78, 5) is 1.49. The second-order valence-electron chi connectivity index (χ2n) is 3.22. The first kappa shape index (κ1) is 15.0. The maximum Gasteiger partial charge on any atom is 0.0965 e. The molecule has 0 unspecified atom stereocenters. The van der Waals surface area contributed by atoms with E-state index in [0.717, 1.165) is 19.6 Å². The van der Waals surface area contributed by atoms with Crippen molar-refractivity contribution in [3.63, 3.8) is 0 Å². The third kappa shape index (κ3) is 9.38. The molecule has 0 aromatic heterocycles. The highest BCUT2D eigenvalue weighted by Gasteiger charge is 1.99. The Kier molecular flexibility index (Phi) is 11.0. The average Bonchev–Trinajstić information content (AvgIpc) is 2.01. The standard InChI is InChI=1S/C11H19N.ClH/c1-5-8-12(9-6-2)10-7-11(3)4;/h5-7H,1-2,8-10H2,3-4H3;1H. The van der Waals surface area contributed by atoms with Gasteiger partial charge in [-0.15, -0.1) is 0 Å². The summed E-state index contributed by atoms with van der Waals surface area (Å²) in [6.45, 7) is 14.8. The van der Waals surface area contributed by atoms with E-state index >= 15 is 0 Å². The van der Waals surface area contributed by atoms with Gasteiger partial charge in [0.2, 0.25) is 0 Å². The van der Waals surface area contributed by atoms with Crippen LogP contribution in [0.4, 0.5) is 0 Å². The zero-order valence-electron chi connectivity index (χ0n) is 8.65.